The van der Waals surface area contributed by atoms with Crippen molar-refractivity contribution in [3.05, 3.63) is 55.2 Å². The maximum Gasteiger partial charge on any atom is 0.131 e. The van der Waals surface area contributed by atoms with Crippen LogP contribution in [-0.4, -0.2) is 0 Å². The maximum absolute atomic E-state index is 13.7. The zero-order valence-electron chi connectivity index (χ0n) is 9.93. The molecule has 1 heterocycles. The molecular formula is C13H12BrF2NS. The predicted molar refractivity (Wildman–Crippen MR) is 73.9 cm³/mol. The fourth-order valence-corrected chi connectivity index (χ4v) is 3.29. The van der Waals surface area contributed by atoms with Crippen molar-refractivity contribution in [2.45, 2.75) is 19.9 Å². The zero-order valence-corrected chi connectivity index (χ0v) is 12.3. The van der Waals surface area contributed by atoms with E-state index in [1.165, 1.54) is 17.4 Å². The van der Waals surface area contributed by atoms with E-state index < -0.39 is 17.7 Å². The molecule has 0 aliphatic carbocycles. The molecule has 1 aromatic heterocycles. The van der Waals surface area contributed by atoms with E-state index in [0.29, 0.717) is 11.1 Å². The monoisotopic (exact) mass is 331 g/mol. The summed E-state index contributed by atoms with van der Waals surface area (Å²) in [4.78, 5) is 1.93. The minimum atomic E-state index is -0.604. The van der Waals surface area contributed by atoms with E-state index in [-0.39, 0.29) is 0 Å². The van der Waals surface area contributed by atoms with E-state index in [4.69, 9.17) is 5.73 Å². The number of thiophene rings is 1. The van der Waals surface area contributed by atoms with E-state index in [0.717, 1.165) is 20.3 Å². The molecule has 0 aliphatic rings. The number of benzene rings is 1. The second-order valence-corrected chi connectivity index (χ2v) is 6.30. The summed E-state index contributed by atoms with van der Waals surface area (Å²) < 4.78 is 27.9. The minimum Gasteiger partial charge on any atom is -0.320 e. The lowest BCUT2D eigenvalue weighted by Crippen LogP contribution is -2.13. The molecule has 0 bridgehead atoms. The summed E-state index contributed by atoms with van der Waals surface area (Å²) in [6, 6.07) is 3.67. The van der Waals surface area contributed by atoms with Crippen LogP contribution in [-0.2, 0) is 0 Å². The first-order valence-electron chi connectivity index (χ1n) is 5.37. The zero-order chi connectivity index (χ0) is 13.4. The van der Waals surface area contributed by atoms with Crippen LogP contribution < -0.4 is 5.73 Å². The first kappa shape index (κ1) is 13.6. The van der Waals surface area contributed by atoms with Gasteiger partial charge in [0, 0.05) is 25.9 Å². The van der Waals surface area contributed by atoms with Gasteiger partial charge in [-0.15, -0.1) is 11.3 Å². The van der Waals surface area contributed by atoms with Crippen molar-refractivity contribution in [3.63, 3.8) is 0 Å². The molecule has 0 radical (unpaired) electrons. The van der Waals surface area contributed by atoms with Crippen LogP contribution in [0.4, 0.5) is 8.78 Å². The third-order valence-corrected chi connectivity index (χ3v) is 5.02. The Hall–Kier alpha value is -0.780. The van der Waals surface area contributed by atoms with Gasteiger partial charge in [0.2, 0.25) is 0 Å². The van der Waals surface area contributed by atoms with Gasteiger partial charge < -0.3 is 5.73 Å². The summed E-state index contributed by atoms with van der Waals surface area (Å²) >= 11 is 4.91. The number of hydrogen-bond acceptors (Lipinski definition) is 2. The van der Waals surface area contributed by atoms with E-state index in [1.807, 2.05) is 13.0 Å². The largest absolute Gasteiger partial charge is 0.320 e. The maximum atomic E-state index is 13.7. The molecule has 0 saturated heterocycles. The summed E-state index contributed by atoms with van der Waals surface area (Å²) in [5.41, 5.74) is 6.76. The van der Waals surface area contributed by atoms with Crippen LogP contribution in [0.1, 0.15) is 26.9 Å². The van der Waals surface area contributed by atoms with Gasteiger partial charge in [0.1, 0.15) is 11.6 Å². The molecule has 0 aliphatic heterocycles. The molecule has 2 aromatic rings. The molecule has 2 rings (SSSR count). The van der Waals surface area contributed by atoms with Gasteiger partial charge >= 0.3 is 0 Å². The van der Waals surface area contributed by atoms with E-state index in [1.54, 1.807) is 6.92 Å². The number of nitrogens with two attached hydrogens (primary N) is 1. The number of halogens is 3. The van der Waals surface area contributed by atoms with Crippen LogP contribution in [0.3, 0.4) is 0 Å². The lowest BCUT2D eigenvalue weighted by atomic mass is 10.0. The average molecular weight is 332 g/mol. The van der Waals surface area contributed by atoms with Crippen molar-refractivity contribution in [2.24, 2.45) is 5.73 Å². The first-order chi connectivity index (χ1) is 8.40. The van der Waals surface area contributed by atoms with Gasteiger partial charge in [-0.2, -0.15) is 0 Å². The second-order valence-electron chi connectivity index (χ2n) is 4.15. The van der Waals surface area contributed by atoms with Crippen LogP contribution >= 0.6 is 27.3 Å². The molecular weight excluding hydrogens is 320 g/mol. The van der Waals surface area contributed by atoms with E-state index >= 15 is 0 Å². The molecule has 96 valence electrons. The highest BCUT2D eigenvalue weighted by molar-refractivity contribution is 9.10. The molecule has 18 heavy (non-hydrogen) atoms. The molecule has 0 spiro atoms. The molecule has 1 nitrogen and oxygen atoms in total. The predicted octanol–water partition coefficient (Wildman–Crippen LogP) is 4.45. The molecule has 2 N–H and O–H groups in total. The minimum absolute atomic E-state index is 0.322. The molecule has 1 aromatic carbocycles. The quantitative estimate of drug-likeness (QED) is 0.864. The lowest BCUT2D eigenvalue weighted by molar-refractivity contribution is 0.561. The highest BCUT2D eigenvalue weighted by Crippen LogP contribution is 2.33. The highest BCUT2D eigenvalue weighted by Gasteiger charge is 2.18. The summed E-state index contributed by atoms with van der Waals surface area (Å²) in [5, 5.41) is 0. The Morgan fingerprint density at radius 3 is 2.39 bits per heavy atom. The van der Waals surface area contributed by atoms with Crippen molar-refractivity contribution in [2.75, 3.05) is 0 Å². The number of hydrogen-bond donors (Lipinski definition) is 1. The summed E-state index contributed by atoms with van der Waals surface area (Å²) in [5.74, 6) is -1.15. The average Bonchev–Trinajstić information content (AvgIpc) is 2.63. The molecule has 1 unspecified atom stereocenters. The van der Waals surface area contributed by atoms with Crippen LogP contribution in [0.5, 0.6) is 0 Å². The third kappa shape index (κ3) is 2.48. The Morgan fingerprint density at radius 1 is 1.17 bits per heavy atom. The fraction of sp³-hybridized carbons (Fsp3) is 0.231. The van der Waals surface area contributed by atoms with Gasteiger partial charge in [-0.05, 0) is 47.5 Å². The third-order valence-electron chi connectivity index (χ3n) is 2.80. The summed E-state index contributed by atoms with van der Waals surface area (Å²) in [6.07, 6.45) is 0. The molecule has 0 fully saturated rings. The number of rotatable bonds is 2. The summed E-state index contributed by atoms with van der Waals surface area (Å²) in [7, 11) is 0. The topological polar surface area (TPSA) is 26.0 Å². The van der Waals surface area contributed by atoms with Gasteiger partial charge in [-0.3, -0.25) is 0 Å². The van der Waals surface area contributed by atoms with Gasteiger partial charge in [-0.1, -0.05) is 0 Å². The van der Waals surface area contributed by atoms with Crippen molar-refractivity contribution in [1.82, 2.24) is 0 Å². The van der Waals surface area contributed by atoms with E-state index in [9.17, 15) is 8.78 Å². The Labute approximate surface area is 117 Å². The van der Waals surface area contributed by atoms with Gasteiger partial charge in [0.05, 0.1) is 6.04 Å². The van der Waals surface area contributed by atoms with Crippen LogP contribution in [0.2, 0.25) is 0 Å². The Balaban J connectivity index is 2.45. The Bertz CT molecular complexity index is 575. The fourth-order valence-electron chi connectivity index (χ4n) is 1.71. The van der Waals surface area contributed by atoms with Crippen molar-refractivity contribution in [3.8, 4) is 0 Å². The Morgan fingerprint density at radius 2 is 1.83 bits per heavy atom. The Kier molecular flexibility index (Phi) is 3.84. The van der Waals surface area contributed by atoms with Gasteiger partial charge in [-0.25, -0.2) is 8.78 Å². The van der Waals surface area contributed by atoms with Crippen molar-refractivity contribution in [1.29, 1.82) is 0 Å². The normalized spacial score (nSPS) is 12.8. The first-order valence-corrected chi connectivity index (χ1v) is 6.98. The standard InChI is InChI=1S/C13H12BrF2NS/c1-6-3-8(11(16)5-10(6)15)13(17)12-4-9(14)7(2)18-12/h3-5,13H,17H2,1-2H3. The SMILES string of the molecule is Cc1cc(C(N)c2cc(Br)c(C)s2)c(F)cc1F. The summed E-state index contributed by atoms with van der Waals surface area (Å²) in [6.45, 7) is 3.55. The number of aryl methyl sites for hydroxylation is 2. The van der Waals surface area contributed by atoms with Crippen LogP contribution in [0.25, 0.3) is 0 Å². The molecule has 0 amide bonds. The second kappa shape index (κ2) is 5.07. The lowest BCUT2D eigenvalue weighted by Gasteiger charge is -2.12. The molecule has 5 heteroatoms. The van der Waals surface area contributed by atoms with Crippen LogP contribution in [0.15, 0.2) is 22.7 Å². The van der Waals surface area contributed by atoms with Gasteiger partial charge in [0.25, 0.3) is 0 Å². The smallest absolute Gasteiger partial charge is 0.131 e. The van der Waals surface area contributed by atoms with Gasteiger partial charge in [0.15, 0.2) is 0 Å². The van der Waals surface area contributed by atoms with Crippen LogP contribution in [0, 0.1) is 25.5 Å². The van der Waals surface area contributed by atoms with Crippen molar-refractivity contribution < 1.29 is 8.78 Å². The molecule has 1 atom stereocenters. The molecule has 0 saturated carbocycles. The highest BCUT2D eigenvalue weighted by atomic mass is 79.9. The van der Waals surface area contributed by atoms with E-state index in [2.05, 4.69) is 15.9 Å². The van der Waals surface area contributed by atoms with Crippen molar-refractivity contribution >= 4 is 27.3 Å².